The van der Waals surface area contributed by atoms with Crippen LogP contribution in [-0.4, -0.2) is 39.8 Å². The van der Waals surface area contributed by atoms with Crippen molar-refractivity contribution >= 4 is 25.7 Å². The predicted molar refractivity (Wildman–Crippen MR) is 116 cm³/mol. The lowest BCUT2D eigenvalue weighted by molar-refractivity contribution is 0.0574. The number of rotatable bonds is 6. The molecule has 3 heterocycles. The van der Waals surface area contributed by atoms with Crippen molar-refractivity contribution in [3.05, 3.63) is 54.4 Å². The lowest BCUT2D eigenvalue weighted by Crippen LogP contribution is -2.15. The van der Waals surface area contributed by atoms with Gasteiger partial charge in [-0.1, -0.05) is 42.5 Å². The Morgan fingerprint density at radius 2 is 2.10 bits per heavy atom. The minimum atomic E-state index is -1.36. The molecule has 2 aliphatic rings. The molecule has 9 nitrogen and oxygen atoms in total. The molecule has 2 aromatic heterocycles. The predicted octanol–water partition coefficient (Wildman–Crippen LogP) is 3.96. The van der Waals surface area contributed by atoms with Gasteiger partial charge in [-0.15, -0.1) is 0 Å². The van der Waals surface area contributed by atoms with Crippen molar-refractivity contribution in [2.45, 2.75) is 25.0 Å². The van der Waals surface area contributed by atoms with E-state index in [9.17, 15) is 0 Å². The van der Waals surface area contributed by atoms with E-state index in [2.05, 4.69) is 39.2 Å². The van der Waals surface area contributed by atoms with Gasteiger partial charge in [0, 0.05) is 12.3 Å². The number of aromatic nitrogens is 4. The molecule has 1 aliphatic carbocycles. The molecule has 1 fully saturated rings. The Kier molecular flexibility index (Phi) is 5.82. The summed E-state index contributed by atoms with van der Waals surface area (Å²) in [6.45, 7) is 1.17. The van der Waals surface area contributed by atoms with E-state index in [0.29, 0.717) is 30.3 Å². The van der Waals surface area contributed by atoms with Gasteiger partial charge in [-0.2, -0.15) is 9.97 Å². The van der Waals surface area contributed by atoms with Gasteiger partial charge in [0.05, 0.1) is 38.8 Å². The zero-order valence-electron chi connectivity index (χ0n) is 17.1. The third-order valence-corrected chi connectivity index (χ3v) is 6.64. The van der Waals surface area contributed by atoms with Gasteiger partial charge in [-0.3, -0.25) is 0 Å². The molecule has 5 rings (SSSR count). The zero-order chi connectivity index (χ0) is 21.2. The van der Waals surface area contributed by atoms with E-state index >= 15 is 0 Å². The first-order chi connectivity index (χ1) is 15.2. The molecular formula is C21H24N5O4P. The number of hydrogen-bond acceptors (Lipinski definition) is 8. The molecule has 1 aromatic carbocycles. The SMILES string of the molecule is COc1nc(N)nc2c1ncn2[C@H]1C=C[C@@H](COP2OCC[C@@H](c3ccccc3)O2)C1. The second kappa shape index (κ2) is 8.88. The molecule has 10 heteroatoms. The highest BCUT2D eigenvalue weighted by molar-refractivity contribution is 7.41. The van der Waals surface area contributed by atoms with E-state index in [1.54, 1.807) is 13.4 Å². The molecule has 1 aliphatic heterocycles. The Labute approximate surface area is 181 Å². The standard InChI is InChI=1S/C21H24N5O4P/c1-27-20-18-19(24-21(22)25-20)26(13-23-18)16-8-7-14(11-16)12-29-31-28-10-9-17(30-31)15-5-3-2-4-6-15/h2-8,13-14,16-17H,9-12H2,1H3,(H2,22,24,25)/t14-,16+,17+,31?/m1/s1. The van der Waals surface area contributed by atoms with Gasteiger partial charge < -0.3 is 28.6 Å². The highest BCUT2D eigenvalue weighted by Gasteiger charge is 2.29. The van der Waals surface area contributed by atoms with E-state index in [0.717, 1.165) is 18.4 Å². The van der Waals surface area contributed by atoms with Crippen LogP contribution in [0.2, 0.25) is 0 Å². The van der Waals surface area contributed by atoms with Crippen LogP contribution in [-0.2, 0) is 13.6 Å². The number of nitrogen functional groups attached to an aromatic ring is 1. The Morgan fingerprint density at radius 1 is 1.23 bits per heavy atom. The number of fused-ring (bicyclic) bond motifs is 1. The summed E-state index contributed by atoms with van der Waals surface area (Å²) in [7, 11) is 0.188. The van der Waals surface area contributed by atoms with Crippen molar-refractivity contribution in [1.82, 2.24) is 19.5 Å². The number of anilines is 1. The largest absolute Gasteiger partial charge is 0.479 e. The first-order valence-corrected chi connectivity index (χ1v) is 11.3. The number of nitrogens with zero attached hydrogens (tertiary/aromatic N) is 4. The second-order valence-corrected chi connectivity index (χ2v) is 8.68. The van der Waals surface area contributed by atoms with Crippen molar-refractivity contribution in [2.24, 2.45) is 5.92 Å². The van der Waals surface area contributed by atoms with Crippen LogP contribution < -0.4 is 10.5 Å². The summed E-state index contributed by atoms with van der Waals surface area (Å²) >= 11 is 0. The maximum atomic E-state index is 6.06. The summed E-state index contributed by atoms with van der Waals surface area (Å²) in [5, 5.41) is 0. The minimum Gasteiger partial charge on any atom is -0.479 e. The fourth-order valence-electron chi connectivity index (χ4n) is 3.92. The fraction of sp³-hybridized carbons (Fsp3) is 0.381. The molecule has 0 saturated carbocycles. The number of hydrogen-bond donors (Lipinski definition) is 1. The van der Waals surface area contributed by atoms with E-state index < -0.39 is 8.60 Å². The molecule has 4 atom stereocenters. The Balaban J connectivity index is 1.20. The number of nitrogens with two attached hydrogens (primary N) is 1. The summed E-state index contributed by atoms with van der Waals surface area (Å²) in [4.78, 5) is 12.9. The van der Waals surface area contributed by atoms with Gasteiger partial charge in [0.15, 0.2) is 11.2 Å². The lowest BCUT2D eigenvalue weighted by Gasteiger charge is -2.29. The van der Waals surface area contributed by atoms with E-state index in [1.807, 2.05) is 22.8 Å². The minimum absolute atomic E-state index is 0.0189. The average molecular weight is 441 g/mol. The molecule has 1 unspecified atom stereocenters. The van der Waals surface area contributed by atoms with Crippen molar-refractivity contribution in [3.63, 3.8) is 0 Å². The number of benzene rings is 1. The van der Waals surface area contributed by atoms with Crippen LogP contribution in [0.5, 0.6) is 5.88 Å². The quantitative estimate of drug-likeness (QED) is 0.453. The Bertz CT molecular complexity index is 1080. The van der Waals surface area contributed by atoms with E-state index in [-0.39, 0.29) is 24.0 Å². The van der Waals surface area contributed by atoms with Crippen molar-refractivity contribution < 1.29 is 18.3 Å². The molecular weight excluding hydrogens is 417 g/mol. The van der Waals surface area contributed by atoms with Crippen LogP contribution in [0.15, 0.2) is 48.8 Å². The van der Waals surface area contributed by atoms with E-state index in [1.165, 1.54) is 0 Å². The summed E-state index contributed by atoms with van der Waals surface area (Å²) in [6.07, 6.45) is 7.77. The van der Waals surface area contributed by atoms with Gasteiger partial charge in [0.1, 0.15) is 0 Å². The van der Waals surface area contributed by atoms with Crippen molar-refractivity contribution in [2.75, 3.05) is 26.1 Å². The normalized spacial score (nSPS) is 25.8. The molecule has 0 amide bonds. The van der Waals surface area contributed by atoms with E-state index in [4.69, 9.17) is 24.0 Å². The molecule has 0 spiro atoms. The molecule has 0 radical (unpaired) electrons. The van der Waals surface area contributed by atoms with Crippen LogP contribution in [0.25, 0.3) is 11.2 Å². The van der Waals surface area contributed by atoms with Crippen molar-refractivity contribution in [3.8, 4) is 5.88 Å². The smallest absolute Gasteiger partial charge is 0.333 e. The summed E-state index contributed by atoms with van der Waals surface area (Å²) in [6, 6.07) is 10.3. The number of allylic oxidation sites excluding steroid dienone is 1. The third kappa shape index (κ3) is 4.27. The average Bonchev–Trinajstić information content (AvgIpc) is 3.45. The van der Waals surface area contributed by atoms with Crippen LogP contribution in [0.3, 0.4) is 0 Å². The van der Waals surface area contributed by atoms with Crippen LogP contribution in [0, 0.1) is 5.92 Å². The molecule has 31 heavy (non-hydrogen) atoms. The maximum absolute atomic E-state index is 6.06. The Hall–Kier alpha value is -2.58. The first kappa shape index (κ1) is 20.3. The van der Waals surface area contributed by atoms with Gasteiger partial charge in [-0.05, 0) is 12.0 Å². The summed E-state index contributed by atoms with van der Waals surface area (Å²) < 4.78 is 25.1. The Morgan fingerprint density at radius 3 is 2.94 bits per heavy atom. The fourth-order valence-corrected chi connectivity index (χ4v) is 5.11. The first-order valence-electron chi connectivity index (χ1n) is 10.2. The number of imidazole rings is 1. The highest BCUT2D eigenvalue weighted by Crippen LogP contribution is 2.50. The molecule has 162 valence electrons. The highest BCUT2D eigenvalue weighted by atomic mass is 31.2. The number of ether oxygens (including phenoxy) is 1. The number of methoxy groups -OCH3 is 1. The molecule has 2 N–H and O–H groups in total. The van der Waals surface area contributed by atoms with Crippen LogP contribution >= 0.6 is 8.60 Å². The zero-order valence-corrected chi connectivity index (χ0v) is 18.0. The monoisotopic (exact) mass is 441 g/mol. The van der Waals surface area contributed by atoms with Gasteiger partial charge in [-0.25, -0.2) is 4.98 Å². The lowest BCUT2D eigenvalue weighted by atomic mass is 10.1. The molecule has 0 bridgehead atoms. The van der Waals surface area contributed by atoms with Crippen LogP contribution in [0.1, 0.15) is 30.6 Å². The third-order valence-electron chi connectivity index (χ3n) is 5.46. The maximum Gasteiger partial charge on any atom is 0.333 e. The topological polar surface area (TPSA) is 107 Å². The van der Waals surface area contributed by atoms with Gasteiger partial charge >= 0.3 is 8.60 Å². The summed E-state index contributed by atoms with van der Waals surface area (Å²) in [5.74, 6) is 0.788. The molecule has 3 aromatic rings. The second-order valence-electron chi connectivity index (χ2n) is 7.51. The van der Waals surface area contributed by atoms with Gasteiger partial charge in [0.2, 0.25) is 11.8 Å². The molecule has 1 saturated heterocycles. The summed E-state index contributed by atoms with van der Waals surface area (Å²) in [5.41, 5.74) is 8.25. The van der Waals surface area contributed by atoms with Gasteiger partial charge in [0.25, 0.3) is 0 Å². The van der Waals surface area contributed by atoms with Crippen LogP contribution in [0.4, 0.5) is 5.95 Å². The van der Waals surface area contributed by atoms with Crippen molar-refractivity contribution in [1.29, 1.82) is 0 Å².